The second-order valence-corrected chi connectivity index (χ2v) is 11.3. The lowest BCUT2D eigenvalue weighted by molar-refractivity contribution is -0.169. The van der Waals surface area contributed by atoms with Gasteiger partial charge in [0.2, 0.25) is 0 Å². The maximum Gasteiger partial charge on any atom is 0.157 e. The van der Waals surface area contributed by atoms with Crippen molar-refractivity contribution in [3.8, 4) is 0 Å². The van der Waals surface area contributed by atoms with E-state index in [-0.39, 0.29) is 6.29 Å². The van der Waals surface area contributed by atoms with Gasteiger partial charge in [-0.15, -0.1) is 0 Å². The minimum atomic E-state index is -0.0623. The summed E-state index contributed by atoms with van der Waals surface area (Å²) in [5.74, 6) is 0. The monoisotopic (exact) mass is 682 g/mol. The Morgan fingerprint density at radius 1 is 0.362 bits per heavy atom. The van der Waals surface area contributed by atoms with Gasteiger partial charge in [0.25, 0.3) is 0 Å². The first-order valence-electron chi connectivity index (χ1n) is 18.4. The Balaban J connectivity index is 1.59. The molecule has 1 atom stereocenters. The van der Waals surface area contributed by atoms with Crippen LogP contribution in [0.25, 0.3) is 0 Å². The van der Waals surface area contributed by atoms with E-state index in [1.807, 2.05) is 0 Å². The largest absolute Gasteiger partial charge is 0.379 e. The maximum atomic E-state index is 5.62. The van der Waals surface area contributed by atoms with E-state index in [4.69, 9.17) is 56.8 Å². The normalized spacial score (nSPS) is 15.1. The molecule has 1 fully saturated rings. The van der Waals surface area contributed by atoms with Crippen LogP contribution in [-0.4, -0.2) is 152 Å². The van der Waals surface area contributed by atoms with Crippen LogP contribution in [-0.2, 0) is 56.8 Å². The van der Waals surface area contributed by atoms with Gasteiger partial charge in [-0.1, -0.05) is 51.9 Å². The molecule has 1 rings (SSSR count). The molecular formula is C35H70O12. The first-order chi connectivity index (χ1) is 23.4. The molecule has 0 aromatic rings. The van der Waals surface area contributed by atoms with Crippen LogP contribution in [0.2, 0.25) is 0 Å². The Hall–Kier alpha value is -0.480. The maximum absolute atomic E-state index is 5.62. The molecule has 0 saturated carbocycles. The highest BCUT2D eigenvalue weighted by Gasteiger charge is 2.13. The fraction of sp³-hybridized carbons (Fsp3) is 1.00. The van der Waals surface area contributed by atoms with Crippen LogP contribution >= 0.6 is 0 Å². The van der Waals surface area contributed by atoms with Crippen molar-refractivity contribution in [2.75, 3.05) is 145 Å². The van der Waals surface area contributed by atoms with Crippen molar-refractivity contribution in [3.63, 3.8) is 0 Å². The fourth-order valence-electron chi connectivity index (χ4n) is 4.50. The molecule has 0 spiro atoms. The van der Waals surface area contributed by atoms with Gasteiger partial charge in [-0.05, 0) is 25.7 Å². The van der Waals surface area contributed by atoms with Crippen LogP contribution in [0.3, 0.4) is 0 Å². The van der Waals surface area contributed by atoms with Crippen LogP contribution < -0.4 is 0 Å². The van der Waals surface area contributed by atoms with E-state index < -0.39 is 0 Å². The lowest BCUT2D eigenvalue weighted by Gasteiger charge is -2.22. The molecule has 0 aliphatic carbocycles. The predicted octanol–water partition coefficient (Wildman–Crippen LogP) is 4.84. The highest BCUT2D eigenvalue weighted by Crippen LogP contribution is 2.13. The first-order valence-corrected chi connectivity index (χ1v) is 18.4. The Kier molecular flexibility index (Phi) is 37.9. The predicted molar refractivity (Wildman–Crippen MR) is 180 cm³/mol. The SMILES string of the molecule is CCCCCCCCCCOCCOCCOCCOCCOCCOCCOCCOCCOCCOCCOC1CCCCO1. The standard InChI is InChI=1S/C35H70O12/c1-2-3-4-5-6-7-8-10-13-36-15-16-37-17-18-38-19-20-39-21-22-40-23-24-41-25-26-42-27-28-43-29-30-44-31-32-45-33-34-47-35-12-9-11-14-46-35/h35H,2-34H2,1H3. The molecule has 0 bridgehead atoms. The summed E-state index contributed by atoms with van der Waals surface area (Å²) in [5, 5.41) is 0. The van der Waals surface area contributed by atoms with Crippen LogP contribution in [0.1, 0.15) is 77.6 Å². The van der Waals surface area contributed by atoms with E-state index in [9.17, 15) is 0 Å². The Morgan fingerprint density at radius 3 is 1.02 bits per heavy atom. The number of unbranched alkanes of at least 4 members (excludes halogenated alkanes) is 7. The van der Waals surface area contributed by atoms with E-state index >= 15 is 0 Å². The molecule has 1 unspecified atom stereocenters. The van der Waals surface area contributed by atoms with Crippen molar-refractivity contribution < 1.29 is 56.8 Å². The molecule has 12 nitrogen and oxygen atoms in total. The number of hydrogen-bond acceptors (Lipinski definition) is 12. The third-order valence-corrected chi connectivity index (χ3v) is 7.16. The molecule has 47 heavy (non-hydrogen) atoms. The van der Waals surface area contributed by atoms with Crippen molar-refractivity contribution in [1.29, 1.82) is 0 Å². The van der Waals surface area contributed by atoms with E-state index in [1.54, 1.807) is 0 Å². The van der Waals surface area contributed by atoms with Crippen LogP contribution in [0.15, 0.2) is 0 Å². The topological polar surface area (TPSA) is 111 Å². The summed E-state index contributed by atoms with van der Waals surface area (Å²) in [7, 11) is 0. The zero-order valence-electron chi connectivity index (χ0n) is 29.8. The molecule has 1 heterocycles. The molecule has 0 amide bonds. The highest BCUT2D eigenvalue weighted by molar-refractivity contribution is 4.53. The van der Waals surface area contributed by atoms with E-state index in [1.165, 1.54) is 51.4 Å². The van der Waals surface area contributed by atoms with Crippen LogP contribution in [0, 0.1) is 0 Å². The van der Waals surface area contributed by atoms with E-state index in [2.05, 4.69) is 6.92 Å². The van der Waals surface area contributed by atoms with Gasteiger partial charge in [-0.2, -0.15) is 0 Å². The Labute approximate surface area is 286 Å². The molecule has 1 aliphatic rings. The minimum Gasteiger partial charge on any atom is -0.379 e. The summed E-state index contributed by atoms with van der Waals surface area (Å²) in [6.45, 7) is 14.8. The first kappa shape index (κ1) is 44.5. The van der Waals surface area contributed by atoms with Gasteiger partial charge in [-0.25, -0.2) is 0 Å². The number of rotatable bonds is 40. The lowest BCUT2D eigenvalue weighted by atomic mass is 10.1. The molecule has 0 radical (unpaired) electrons. The zero-order valence-corrected chi connectivity index (χ0v) is 29.8. The van der Waals surface area contributed by atoms with E-state index in [0.29, 0.717) is 132 Å². The summed E-state index contributed by atoms with van der Waals surface area (Å²) >= 11 is 0. The zero-order chi connectivity index (χ0) is 33.4. The van der Waals surface area contributed by atoms with Gasteiger partial charge in [0.1, 0.15) is 0 Å². The van der Waals surface area contributed by atoms with Crippen molar-refractivity contribution in [2.24, 2.45) is 0 Å². The number of ether oxygens (including phenoxy) is 12. The molecule has 1 aliphatic heterocycles. The third kappa shape index (κ3) is 36.6. The molecule has 12 heteroatoms. The van der Waals surface area contributed by atoms with Gasteiger partial charge in [0.15, 0.2) is 6.29 Å². The van der Waals surface area contributed by atoms with Gasteiger partial charge in [-0.3, -0.25) is 0 Å². The second-order valence-electron chi connectivity index (χ2n) is 11.3. The van der Waals surface area contributed by atoms with Crippen molar-refractivity contribution in [3.05, 3.63) is 0 Å². The summed E-state index contributed by atoms with van der Waals surface area (Å²) in [4.78, 5) is 0. The summed E-state index contributed by atoms with van der Waals surface area (Å²) < 4.78 is 66.3. The quantitative estimate of drug-likeness (QED) is 0.0826. The van der Waals surface area contributed by atoms with Crippen molar-refractivity contribution in [1.82, 2.24) is 0 Å². The van der Waals surface area contributed by atoms with E-state index in [0.717, 1.165) is 32.5 Å². The molecule has 0 aromatic heterocycles. The van der Waals surface area contributed by atoms with Crippen LogP contribution in [0.5, 0.6) is 0 Å². The Morgan fingerprint density at radius 2 is 0.681 bits per heavy atom. The molecule has 0 aromatic carbocycles. The molecule has 0 N–H and O–H groups in total. The average Bonchev–Trinajstić information content (AvgIpc) is 3.09. The Bertz CT molecular complexity index is 569. The van der Waals surface area contributed by atoms with Gasteiger partial charge in [0, 0.05) is 13.2 Å². The van der Waals surface area contributed by atoms with Gasteiger partial charge < -0.3 is 56.8 Å². The van der Waals surface area contributed by atoms with Gasteiger partial charge >= 0.3 is 0 Å². The van der Waals surface area contributed by atoms with Crippen molar-refractivity contribution >= 4 is 0 Å². The summed E-state index contributed by atoms with van der Waals surface area (Å²) in [6, 6.07) is 0. The van der Waals surface area contributed by atoms with Crippen molar-refractivity contribution in [2.45, 2.75) is 83.8 Å². The second kappa shape index (κ2) is 40.0. The summed E-state index contributed by atoms with van der Waals surface area (Å²) in [5.41, 5.74) is 0. The van der Waals surface area contributed by atoms with Crippen LogP contribution in [0.4, 0.5) is 0 Å². The van der Waals surface area contributed by atoms with Gasteiger partial charge in [0.05, 0.1) is 132 Å². The molecular weight excluding hydrogens is 612 g/mol. The molecule has 1 saturated heterocycles. The summed E-state index contributed by atoms with van der Waals surface area (Å²) in [6.07, 6.45) is 13.7. The minimum absolute atomic E-state index is 0.0623. The average molecular weight is 683 g/mol. The third-order valence-electron chi connectivity index (χ3n) is 7.16. The molecule has 282 valence electrons. The number of hydrogen-bond donors (Lipinski definition) is 0. The smallest absolute Gasteiger partial charge is 0.157 e. The highest BCUT2D eigenvalue weighted by atomic mass is 16.7. The fourth-order valence-corrected chi connectivity index (χ4v) is 4.50. The lowest BCUT2D eigenvalue weighted by Crippen LogP contribution is -2.24.